The Hall–Kier alpha value is -0.900. The average Bonchev–Trinajstić information content (AvgIpc) is 2.18. The van der Waals surface area contributed by atoms with E-state index in [1.54, 1.807) is 24.3 Å². The number of carbonyl (C=O) groups excluding carboxylic acids is 1. The number of hydrogen-bond acceptors (Lipinski definition) is 2. The van der Waals surface area contributed by atoms with Crippen LogP contribution in [0.3, 0.4) is 0 Å². The van der Waals surface area contributed by atoms with Crippen molar-refractivity contribution in [3.63, 3.8) is 0 Å². The summed E-state index contributed by atoms with van der Waals surface area (Å²) in [5.41, 5.74) is 0.562. The summed E-state index contributed by atoms with van der Waals surface area (Å²) in [5.74, 6) is 0.336. The Labute approximate surface area is 85.5 Å². The molecule has 76 valence electrons. The Morgan fingerprint density at radius 3 is 2.71 bits per heavy atom. The van der Waals surface area contributed by atoms with Crippen LogP contribution in [-0.4, -0.2) is 18.5 Å². The van der Waals surface area contributed by atoms with E-state index in [1.807, 2.05) is 0 Å². The second-order valence-electron chi connectivity index (χ2n) is 2.68. The topological polar surface area (TPSA) is 17.1 Å². The van der Waals surface area contributed by atoms with E-state index in [2.05, 4.69) is 0 Å². The zero-order chi connectivity index (χ0) is 10.4. The van der Waals surface area contributed by atoms with Gasteiger partial charge in [-0.15, -0.1) is 11.8 Å². The van der Waals surface area contributed by atoms with Crippen LogP contribution in [0.2, 0.25) is 0 Å². The molecule has 0 saturated heterocycles. The zero-order valence-electron chi connectivity index (χ0n) is 7.45. The van der Waals surface area contributed by atoms with Crippen molar-refractivity contribution in [1.29, 1.82) is 0 Å². The highest BCUT2D eigenvalue weighted by Crippen LogP contribution is 2.22. The zero-order valence-corrected chi connectivity index (χ0v) is 8.27. The number of rotatable bonds is 5. The molecule has 1 nitrogen and oxygen atoms in total. The number of thioether (sulfide) groups is 1. The third-order valence-corrected chi connectivity index (χ3v) is 2.76. The van der Waals surface area contributed by atoms with E-state index < -0.39 is 6.43 Å². The summed E-state index contributed by atoms with van der Waals surface area (Å²) in [6.07, 6.45) is -1.67. The second-order valence-corrected chi connectivity index (χ2v) is 3.82. The Bertz CT molecular complexity index is 302. The molecule has 0 N–H and O–H groups in total. The maximum absolute atomic E-state index is 11.8. The standard InChI is InChI=1S/C10H10F2OS/c11-10(12)5-6-14-9-4-2-1-3-8(9)7-13/h1-4,7,10H,5-6H2. The predicted molar refractivity (Wildman–Crippen MR) is 53.2 cm³/mol. The first-order valence-electron chi connectivity index (χ1n) is 4.19. The molecular formula is C10H10F2OS. The van der Waals surface area contributed by atoms with Crippen molar-refractivity contribution in [1.82, 2.24) is 0 Å². The van der Waals surface area contributed by atoms with Crippen LogP contribution in [0.25, 0.3) is 0 Å². The van der Waals surface area contributed by atoms with Gasteiger partial charge in [0.2, 0.25) is 6.43 Å². The predicted octanol–water partition coefficient (Wildman–Crippen LogP) is 3.25. The Balaban J connectivity index is 2.53. The van der Waals surface area contributed by atoms with Gasteiger partial charge in [0, 0.05) is 22.6 Å². The van der Waals surface area contributed by atoms with Crippen LogP contribution in [0.5, 0.6) is 0 Å². The first-order valence-corrected chi connectivity index (χ1v) is 5.17. The van der Waals surface area contributed by atoms with Crippen LogP contribution in [0.15, 0.2) is 29.2 Å². The van der Waals surface area contributed by atoms with Crippen LogP contribution < -0.4 is 0 Å². The molecule has 0 aliphatic heterocycles. The summed E-state index contributed by atoms with van der Waals surface area (Å²) >= 11 is 1.29. The Morgan fingerprint density at radius 1 is 1.36 bits per heavy atom. The Morgan fingerprint density at radius 2 is 2.07 bits per heavy atom. The molecule has 0 bridgehead atoms. The second kappa shape index (κ2) is 5.75. The van der Waals surface area contributed by atoms with Crippen molar-refractivity contribution in [2.75, 3.05) is 5.75 Å². The van der Waals surface area contributed by atoms with Gasteiger partial charge in [-0.05, 0) is 6.07 Å². The molecule has 0 unspecified atom stereocenters. The van der Waals surface area contributed by atoms with Crippen molar-refractivity contribution in [2.45, 2.75) is 17.7 Å². The van der Waals surface area contributed by atoms with E-state index >= 15 is 0 Å². The van der Waals surface area contributed by atoms with Crippen molar-refractivity contribution < 1.29 is 13.6 Å². The molecule has 1 aromatic rings. The van der Waals surface area contributed by atoms with Crippen molar-refractivity contribution in [2.24, 2.45) is 0 Å². The largest absolute Gasteiger partial charge is 0.298 e. The molecule has 1 rings (SSSR count). The minimum atomic E-state index is -2.27. The van der Waals surface area contributed by atoms with Gasteiger partial charge >= 0.3 is 0 Å². The molecule has 0 saturated carbocycles. The lowest BCUT2D eigenvalue weighted by atomic mass is 10.2. The number of benzene rings is 1. The lowest BCUT2D eigenvalue weighted by molar-refractivity contribution is 0.112. The fourth-order valence-electron chi connectivity index (χ4n) is 0.967. The molecule has 0 aliphatic carbocycles. The molecule has 4 heteroatoms. The van der Waals surface area contributed by atoms with Gasteiger partial charge in [0.05, 0.1) is 0 Å². The summed E-state index contributed by atoms with van der Waals surface area (Å²) in [6.45, 7) is 0. The highest BCUT2D eigenvalue weighted by molar-refractivity contribution is 7.99. The fraction of sp³-hybridized carbons (Fsp3) is 0.300. The van der Waals surface area contributed by atoms with Crippen molar-refractivity contribution >= 4 is 18.0 Å². The van der Waals surface area contributed by atoms with Crippen LogP contribution >= 0.6 is 11.8 Å². The van der Waals surface area contributed by atoms with Gasteiger partial charge in [0.25, 0.3) is 0 Å². The summed E-state index contributed by atoms with van der Waals surface area (Å²) < 4.78 is 23.7. The average molecular weight is 216 g/mol. The maximum atomic E-state index is 11.8. The third kappa shape index (κ3) is 3.46. The van der Waals surface area contributed by atoms with Gasteiger partial charge in [-0.1, -0.05) is 18.2 Å². The number of alkyl halides is 2. The maximum Gasteiger partial charge on any atom is 0.239 e. The fourth-order valence-corrected chi connectivity index (χ4v) is 1.94. The molecule has 14 heavy (non-hydrogen) atoms. The highest BCUT2D eigenvalue weighted by atomic mass is 32.2. The van der Waals surface area contributed by atoms with Crippen molar-refractivity contribution in [3.8, 4) is 0 Å². The van der Waals surface area contributed by atoms with Crippen molar-refractivity contribution in [3.05, 3.63) is 29.8 Å². The molecule has 1 aromatic carbocycles. The summed E-state index contributed by atoms with van der Waals surface area (Å²) in [4.78, 5) is 11.3. The highest BCUT2D eigenvalue weighted by Gasteiger charge is 2.04. The number of carbonyl (C=O) groups is 1. The van der Waals surface area contributed by atoms with Gasteiger partial charge < -0.3 is 0 Å². The molecular weight excluding hydrogens is 206 g/mol. The number of hydrogen-bond donors (Lipinski definition) is 0. The van der Waals surface area contributed by atoms with Crippen LogP contribution in [-0.2, 0) is 0 Å². The quantitative estimate of drug-likeness (QED) is 0.555. The molecule has 0 atom stereocenters. The van der Waals surface area contributed by atoms with E-state index in [0.29, 0.717) is 11.3 Å². The van der Waals surface area contributed by atoms with Crippen LogP contribution in [0, 0.1) is 0 Å². The van der Waals surface area contributed by atoms with Gasteiger partial charge in [0.1, 0.15) is 0 Å². The van der Waals surface area contributed by atoms with E-state index in [1.165, 1.54) is 11.8 Å². The van der Waals surface area contributed by atoms with Crippen LogP contribution in [0.1, 0.15) is 16.8 Å². The lowest BCUT2D eigenvalue weighted by Gasteiger charge is -2.03. The normalized spacial score (nSPS) is 10.5. The van der Waals surface area contributed by atoms with E-state index in [9.17, 15) is 13.6 Å². The van der Waals surface area contributed by atoms with E-state index in [-0.39, 0.29) is 6.42 Å². The minimum Gasteiger partial charge on any atom is -0.298 e. The van der Waals surface area contributed by atoms with Gasteiger partial charge in [-0.3, -0.25) is 4.79 Å². The molecule has 0 spiro atoms. The third-order valence-electron chi connectivity index (χ3n) is 1.64. The van der Waals surface area contributed by atoms with Gasteiger partial charge in [-0.25, -0.2) is 8.78 Å². The monoisotopic (exact) mass is 216 g/mol. The first-order chi connectivity index (χ1) is 6.74. The summed E-state index contributed by atoms with van der Waals surface area (Å²) in [7, 11) is 0. The number of aldehydes is 1. The smallest absolute Gasteiger partial charge is 0.239 e. The molecule has 0 amide bonds. The summed E-state index contributed by atoms with van der Waals surface area (Å²) in [5, 5.41) is 0. The van der Waals surface area contributed by atoms with Gasteiger partial charge in [0.15, 0.2) is 6.29 Å². The first kappa shape index (κ1) is 11.2. The molecule has 0 radical (unpaired) electrons. The minimum absolute atomic E-state index is 0.141. The molecule has 0 fully saturated rings. The summed E-state index contributed by atoms with van der Waals surface area (Å²) in [6, 6.07) is 6.98. The SMILES string of the molecule is O=Cc1ccccc1SCCC(F)F. The molecule has 0 heterocycles. The molecule has 0 aliphatic rings. The lowest BCUT2D eigenvalue weighted by Crippen LogP contribution is -1.93. The van der Waals surface area contributed by atoms with Crippen LogP contribution in [0.4, 0.5) is 8.78 Å². The van der Waals surface area contributed by atoms with E-state index in [4.69, 9.17) is 0 Å². The van der Waals surface area contributed by atoms with Gasteiger partial charge in [-0.2, -0.15) is 0 Å². The number of halogens is 2. The molecule has 0 aromatic heterocycles. The Kier molecular flexibility index (Phi) is 4.59. The van der Waals surface area contributed by atoms with E-state index in [0.717, 1.165) is 11.2 Å².